The molecule has 1 rings (SSSR count). The van der Waals surface area contributed by atoms with Crippen molar-refractivity contribution < 1.29 is 9.59 Å². The van der Waals surface area contributed by atoms with Gasteiger partial charge in [-0.15, -0.1) is 0 Å². The van der Waals surface area contributed by atoms with Crippen LogP contribution in [0, 0.1) is 0 Å². The summed E-state index contributed by atoms with van der Waals surface area (Å²) in [4.78, 5) is 25.3. The first kappa shape index (κ1) is 15.2. The van der Waals surface area contributed by atoms with Gasteiger partial charge in [-0.3, -0.25) is 9.59 Å². The van der Waals surface area contributed by atoms with Gasteiger partial charge < -0.3 is 16.0 Å². The standard InChI is InChI=1S/C14H21N3O2/c1-5-14(2,15)13(19)16-11-8-6-7-10(9-11)12(18)17(3)4/h6-9H,5,15H2,1-4H3,(H,16,19). The van der Waals surface area contributed by atoms with Crippen LogP contribution in [-0.2, 0) is 4.79 Å². The Morgan fingerprint density at radius 2 is 2.00 bits per heavy atom. The Bertz CT molecular complexity index is 481. The van der Waals surface area contributed by atoms with E-state index >= 15 is 0 Å². The molecule has 5 heteroatoms. The number of hydrogen-bond acceptors (Lipinski definition) is 3. The number of anilines is 1. The minimum absolute atomic E-state index is 0.109. The zero-order valence-corrected chi connectivity index (χ0v) is 11.9. The van der Waals surface area contributed by atoms with Crippen LogP contribution < -0.4 is 11.1 Å². The van der Waals surface area contributed by atoms with Crippen molar-refractivity contribution in [1.82, 2.24) is 4.90 Å². The number of nitrogens with two attached hydrogens (primary N) is 1. The molecular formula is C14H21N3O2. The lowest BCUT2D eigenvalue weighted by atomic mass is 9.99. The number of carbonyl (C=O) groups is 2. The van der Waals surface area contributed by atoms with Gasteiger partial charge in [0.2, 0.25) is 5.91 Å². The summed E-state index contributed by atoms with van der Waals surface area (Å²) in [5.41, 5.74) is 6.05. The van der Waals surface area contributed by atoms with Gasteiger partial charge in [-0.05, 0) is 31.5 Å². The highest BCUT2D eigenvalue weighted by molar-refractivity contribution is 5.99. The van der Waals surface area contributed by atoms with E-state index in [1.165, 1.54) is 4.90 Å². The van der Waals surface area contributed by atoms with E-state index in [9.17, 15) is 9.59 Å². The highest BCUT2D eigenvalue weighted by Gasteiger charge is 2.26. The SMILES string of the molecule is CCC(C)(N)C(=O)Nc1cccc(C(=O)N(C)C)c1. The number of hydrogen-bond donors (Lipinski definition) is 2. The Balaban J connectivity index is 2.90. The lowest BCUT2D eigenvalue weighted by molar-refractivity contribution is -0.120. The summed E-state index contributed by atoms with van der Waals surface area (Å²) in [7, 11) is 3.36. The second kappa shape index (κ2) is 5.84. The van der Waals surface area contributed by atoms with E-state index in [1.807, 2.05) is 6.92 Å². The molecule has 0 aromatic heterocycles. The van der Waals surface area contributed by atoms with E-state index in [4.69, 9.17) is 5.73 Å². The molecule has 2 amide bonds. The van der Waals surface area contributed by atoms with Crippen molar-refractivity contribution in [1.29, 1.82) is 0 Å². The molecule has 0 heterocycles. The lowest BCUT2D eigenvalue weighted by Crippen LogP contribution is -2.47. The van der Waals surface area contributed by atoms with Crippen LogP contribution in [0.15, 0.2) is 24.3 Å². The number of nitrogens with one attached hydrogen (secondary N) is 1. The highest BCUT2D eigenvalue weighted by atomic mass is 16.2. The topological polar surface area (TPSA) is 75.4 Å². The van der Waals surface area contributed by atoms with Gasteiger partial charge in [0.15, 0.2) is 0 Å². The number of amides is 2. The molecule has 104 valence electrons. The number of benzene rings is 1. The maximum Gasteiger partial charge on any atom is 0.253 e. The Hall–Kier alpha value is -1.88. The highest BCUT2D eigenvalue weighted by Crippen LogP contribution is 2.15. The van der Waals surface area contributed by atoms with Gasteiger partial charge in [0.05, 0.1) is 5.54 Å². The molecule has 0 saturated heterocycles. The average Bonchev–Trinajstić information content (AvgIpc) is 2.37. The molecule has 0 fully saturated rings. The average molecular weight is 263 g/mol. The predicted molar refractivity (Wildman–Crippen MR) is 76.0 cm³/mol. The smallest absolute Gasteiger partial charge is 0.253 e. The predicted octanol–water partition coefficient (Wildman–Crippen LogP) is 1.45. The fraction of sp³-hybridized carbons (Fsp3) is 0.429. The van der Waals surface area contributed by atoms with E-state index < -0.39 is 5.54 Å². The van der Waals surface area contributed by atoms with Gasteiger partial charge in [0.1, 0.15) is 0 Å². The van der Waals surface area contributed by atoms with Crippen LogP contribution in [0.2, 0.25) is 0 Å². The Kier molecular flexibility index (Phi) is 4.67. The van der Waals surface area contributed by atoms with Crippen LogP contribution in [0.5, 0.6) is 0 Å². The Morgan fingerprint density at radius 1 is 1.37 bits per heavy atom. The van der Waals surface area contributed by atoms with Crippen molar-refractivity contribution in [2.45, 2.75) is 25.8 Å². The Morgan fingerprint density at radius 3 is 2.53 bits per heavy atom. The molecule has 0 bridgehead atoms. The van der Waals surface area contributed by atoms with Crippen LogP contribution in [0.4, 0.5) is 5.69 Å². The molecule has 19 heavy (non-hydrogen) atoms. The van der Waals surface area contributed by atoms with Crippen LogP contribution in [0.25, 0.3) is 0 Å². The van der Waals surface area contributed by atoms with Crippen LogP contribution in [0.3, 0.4) is 0 Å². The molecule has 0 radical (unpaired) electrons. The summed E-state index contributed by atoms with van der Waals surface area (Å²) in [6, 6.07) is 6.81. The van der Waals surface area contributed by atoms with Crippen molar-refractivity contribution >= 4 is 17.5 Å². The van der Waals surface area contributed by atoms with Gasteiger partial charge in [0.25, 0.3) is 5.91 Å². The van der Waals surface area contributed by atoms with E-state index in [0.717, 1.165) is 0 Å². The van der Waals surface area contributed by atoms with Gasteiger partial charge in [-0.1, -0.05) is 13.0 Å². The van der Waals surface area contributed by atoms with E-state index in [-0.39, 0.29) is 11.8 Å². The molecule has 0 aliphatic heterocycles. The second-order valence-corrected chi connectivity index (χ2v) is 5.01. The normalized spacial score (nSPS) is 13.5. The van der Waals surface area contributed by atoms with Crippen LogP contribution >= 0.6 is 0 Å². The van der Waals surface area contributed by atoms with Crippen molar-refractivity contribution in [3.05, 3.63) is 29.8 Å². The van der Waals surface area contributed by atoms with E-state index in [1.54, 1.807) is 45.3 Å². The molecule has 5 nitrogen and oxygen atoms in total. The number of nitrogens with zero attached hydrogens (tertiary/aromatic N) is 1. The minimum Gasteiger partial charge on any atom is -0.345 e. The summed E-state index contributed by atoms with van der Waals surface area (Å²) in [6.07, 6.45) is 0.537. The summed E-state index contributed by atoms with van der Waals surface area (Å²) in [5.74, 6) is -0.369. The van der Waals surface area contributed by atoms with Crippen molar-refractivity contribution in [3.8, 4) is 0 Å². The zero-order chi connectivity index (χ0) is 14.6. The van der Waals surface area contributed by atoms with Gasteiger partial charge in [-0.25, -0.2) is 0 Å². The van der Waals surface area contributed by atoms with Gasteiger partial charge in [0, 0.05) is 25.3 Å². The molecule has 1 aromatic rings. The third-order valence-corrected chi connectivity index (χ3v) is 3.03. The van der Waals surface area contributed by atoms with Crippen LogP contribution in [0.1, 0.15) is 30.6 Å². The zero-order valence-electron chi connectivity index (χ0n) is 11.9. The van der Waals surface area contributed by atoms with Gasteiger partial charge >= 0.3 is 0 Å². The molecule has 1 unspecified atom stereocenters. The molecule has 0 aliphatic carbocycles. The summed E-state index contributed by atoms with van der Waals surface area (Å²) >= 11 is 0. The molecule has 1 atom stereocenters. The Labute approximate surface area is 113 Å². The molecule has 0 spiro atoms. The van der Waals surface area contributed by atoms with Crippen molar-refractivity contribution in [2.75, 3.05) is 19.4 Å². The second-order valence-electron chi connectivity index (χ2n) is 5.01. The van der Waals surface area contributed by atoms with E-state index in [0.29, 0.717) is 17.7 Å². The first-order valence-corrected chi connectivity index (χ1v) is 6.20. The summed E-state index contributed by atoms with van der Waals surface area (Å²) in [6.45, 7) is 3.53. The quantitative estimate of drug-likeness (QED) is 0.863. The third kappa shape index (κ3) is 3.79. The first-order chi connectivity index (χ1) is 8.77. The number of rotatable bonds is 4. The summed E-state index contributed by atoms with van der Waals surface area (Å²) in [5, 5.41) is 2.73. The maximum atomic E-state index is 11.9. The molecule has 0 aliphatic rings. The van der Waals surface area contributed by atoms with Gasteiger partial charge in [-0.2, -0.15) is 0 Å². The maximum absolute atomic E-state index is 11.9. The molecule has 1 aromatic carbocycles. The lowest BCUT2D eigenvalue weighted by Gasteiger charge is -2.21. The fourth-order valence-corrected chi connectivity index (χ4v) is 1.42. The minimum atomic E-state index is -0.915. The largest absolute Gasteiger partial charge is 0.345 e. The van der Waals surface area contributed by atoms with Crippen molar-refractivity contribution in [3.63, 3.8) is 0 Å². The van der Waals surface area contributed by atoms with Crippen LogP contribution in [-0.4, -0.2) is 36.3 Å². The fourth-order valence-electron chi connectivity index (χ4n) is 1.42. The monoisotopic (exact) mass is 263 g/mol. The first-order valence-electron chi connectivity index (χ1n) is 6.20. The van der Waals surface area contributed by atoms with Crippen molar-refractivity contribution in [2.24, 2.45) is 5.73 Å². The molecular weight excluding hydrogens is 242 g/mol. The number of carbonyl (C=O) groups excluding carboxylic acids is 2. The van der Waals surface area contributed by atoms with E-state index in [2.05, 4.69) is 5.32 Å². The third-order valence-electron chi connectivity index (χ3n) is 3.03. The molecule has 0 saturated carbocycles. The summed E-state index contributed by atoms with van der Waals surface area (Å²) < 4.78 is 0. The molecule has 3 N–H and O–H groups in total.